The molecule has 25 heavy (non-hydrogen) atoms. The molecule has 1 aromatic heterocycles. The Hall–Kier alpha value is -1.62. The molecule has 1 saturated heterocycles. The molecule has 136 valence electrons. The Morgan fingerprint density at radius 2 is 2.08 bits per heavy atom. The van der Waals surface area contributed by atoms with Gasteiger partial charge in [0.25, 0.3) is 0 Å². The molecule has 1 amide bonds. The van der Waals surface area contributed by atoms with Crippen molar-refractivity contribution in [1.29, 1.82) is 0 Å². The third-order valence-electron chi connectivity index (χ3n) is 6.36. The number of ether oxygens (including phenoxy) is 1. The monoisotopic (exact) mass is 343 g/mol. The average Bonchev–Trinajstić information content (AvgIpc) is 3.43. The molecule has 2 saturated carbocycles. The number of nitrogens with zero attached hydrogens (tertiary/aromatic N) is 2. The van der Waals surface area contributed by atoms with Crippen molar-refractivity contribution < 1.29 is 9.53 Å². The second-order valence-electron chi connectivity index (χ2n) is 8.00. The molecule has 0 unspecified atom stereocenters. The SMILES string of the molecule is COc1ncccc1CNC1CCC2(CCC(=O)N2CC2CC2)CC1. The first-order valence-corrected chi connectivity index (χ1v) is 9.72. The molecular formula is C20H29N3O2. The predicted octanol–water partition coefficient (Wildman–Crippen LogP) is 2.89. The molecule has 1 aromatic rings. The molecular weight excluding hydrogens is 314 g/mol. The van der Waals surface area contributed by atoms with Gasteiger partial charge < -0.3 is 15.0 Å². The molecule has 5 nitrogen and oxygen atoms in total. The van der Waals surface area contributed by atoms with E-state index in [1.807, 2.05) is 6.07 Å². The van der Waals surface area contributed by atoms with E-state index >= 15 is 0 Å². The van der Waals surface area contributed by atoms with Crippen LogP contribution in [-0.4, -0.2) is 41.0 Å². The zero-order valence-electron chi connectivity index (χ0n) is 15.2. The van der Waals surface area contributed by atoms with Crippen molar-refractivity contribution in [2.24, 2.45) is 5.92 Å². The standard InChI is InChI=1S/C20H29N3O2/c1-25-19-16(3-2-12-21-19)13-22-17-6-9-20(10-7-17)11-8-18(24)23(20)14-15-4-5-15/h2-3,12,15,17,22H,4-11,13-14H2,1H3. The minimum Gasteiger partial charge on any atom is -0.481 e. The predicted molar refractivity (Wildman–Crippen MR) is 96.3 cm³/mol. The van der Waals surface area contributed by atoms with Crippen LogP contribution in [0.25, 0.3) is 0 Å². The third-order valence-corrected chi connectivity index (χ3v) is 6.36. The number of hydrogen-bond acceptors (Lipinski definition) is 4. The number of hydrogen-bond donors (Lipinski definition) is 1. The maximum Gasteiger partial charge on any atom is 0.223 e. The highest BCUT2D eigenvalue weighted by molar-refractivity contribution is 5.79. The van der Waals surface area contributed by atoms with Crippen LogP contribution in [-0.2, 0) is 11.3 Å². The molecule has 3 fully saturated rings. The molecule has 4 rings (SSSR count). The van der Waals surface area contributed by atoms with E-state index in [1.165, 1.54) is 12.8 Å². The molecule has 0 atom stereocenters. The largest absolute Gasteiger partial charge is 0.481 e. The van der Waals surface area contributed by atoms with Crippen molar-refractivity contribution in [1.82, 2.24) is 15.2 Å². The quantitative estimate of drug-likeness (QED) is 0.863. The van der Waals surface area contributed by atoms with E-state index in [9.17, 15) is 4.79 Å². The summed E-state index contributed by atoms with van der Waals surface area (Å²) in [5, 5.41) is 3.67. The number of methoxy groups -OCH3 is 1. The van der Waals surface area contributed by atoms with Gasteiger partial charge in [0.05, 0.1) is 7.11 Å². The molecule has 0 bridgehead atoms. The van der Waals surface area contributed by atoms with Crippen LogP contribution in [0.5, 0.6) is 5.88 Å². The first-order valence-electron chi connectivity index (χ1n) is 9.72. The molecule has 2 heterocycles. The summed E-state index contributed by atoms with van der Waals surface area (Å²) in [5.74, 6) is 1.89. The molecule has 1 aliphatic heterocycles. The fourth-order valence-corrected chi connectivity index (χ4v) is 4.60. The summed E-state index contributed by atoms with van der Waals surface area (Å²) in [5.41, 5.74) is 1.28. The lowest BCUT2D eigenvalue weighted by molar-refractivity contribution is -0.132. The Morgan fingerprint density at radius 1 is 1.28 bits per heavy atom. The topological polar surface area (TPSA) is 54.5 Å². The Balaban J connectivity index is 1.32. The number of carbonyl (C=O) groups excluding carboxylic acids is 1. The van der Waals surface area contributed by atoms with Gasteiger partial charge in [0.1, 0.15) is 0 Å². The van der Waals surface area contributed by atoms with Crippen molar-refractivity contribution in [3.63, 3.8) is 0 Å². The number of amides is 1. The van der Waals surface area contributed by atoms with Gasteiger partial charge in [-0.15, -0.1) is 0 Å². The van der Waals surface area contributed by atoms with E-state index in [-0.39, 0.29) is 5.54 Å². The molecule has 0 radical (unpaired) electrons. The van der Waals surface area contributed by atoms with Crippen LogP contribution in [0.4, 0.5) is 0 Å². The normalized spacial score (nSPS) is 29.4. The lowest BCUT2D eigenvalue weighted by Crippen LogP contribution is -2.51. The first kappa shape index (κ1) is 16.8. The van der Waals surface area contributed by atoms with E-state index in [1.54, 1.807) is 13.3 Å². The number of pyridine rings is 1. The highest BCUT2D eigenvalue weighted by Gasteiger charge is 2.48. The Labute approximate surface area is 150 Å². The third kappa shape index (κ3) is 3.52. The van der Waals surface area contributed by atoms with E-state index in [4.69, 9.17) is 4.74 Å². The van der Waals surface area contributed by atoms with Crippen LogP contribution >= 0.6 is 0 Å². The number of rotatable bonds is 6. The Kier molecular flexibility index (Phi) is 4.67. The van der Waals surface area contributed by atoms with Crippen molar-refractivity contribution in [2.45, 2.75) is 69.5 Å². The van der Waals surface area contributed by atoms with Crippen molar-refractivity contribution in [3.8, 4) is 5.88 Å². The Bertz CT molecular complexity index is 621. The van der Waals surface area contributed by atoms with Gasteiger partial charge in [0, 0.05) is 42.9 Å². The summed E-state index contributed by atoms with van der Waals surface area (Å²) in [7, 11) is 1.67. The molecule has 0 aromatic carbocycles. The molecule has 5 heteroatoms. The van der Waals surface area contributed by atoms with Gasteiger partial charge in [-0.1, -0.05) is 6.07 Å². The fourth-order valence-electron chi connectivity index (χ4n) is 4.60. The smallest absolute Gasteiger partial charge is 0.223 e. The van der Waals surface area contributed by atoms with Gasteiger partial charge >= 0.3 is 0 Å². The number of likely N-dealkylation sites (tertiary alicyclic amines) is 1. The maximum atomic E-state index is 12.4. The molecule has 3 aliphatic rings. The van der Waals surface area contributed by atoms with Gasteiger partial charge in [0.2, 0.25) is 11.8 Å². The highest BCUT2D eigenvalue weighted by atomic mass is 16.5. The maximum absolute atomic E-state index is 12.4. The van der Waals surface area contributed by atoms with Gasteiger partial charge in [-0.3, -0.25) is 4.79 Å². The van der Waals surface area contributed by atoms with E-state index in [0.29, 0.717) is 17.8 Å². The van der Waals surface area contributed by atoms with Gasteiger partial charge in [0.15, 0.2) is 0 Å². The first-order chi connectivity index (χ1) is 12.2. The summed E-state index contributed by atoms with van der Waals surface area (Å²) in [6.45, 7) is 1.81. The number of aromatic nitrogens is 1. The van der Waals surface area contributed by atoms with E-state index < -0.39 is 0 Å². The van der Waals surface area contributed by atoms with E-state index in [0.717, 1.165) is 63.1 Å². The number of carbonyl (C=O) groups is 1. The van der Waals surface area contributed by atoms with Gasteiger partial charge in [-0.05, 0) is 56.9 Å². The van der Waals surface area contributed by atoms with Crippen LogP contribution in [0.1, 0.15) is 56.9 Å². The van der Waals surface area contributed by atoms with Crippen molar-refractivity contribution >= 4 is 5.91 Å². The summed E-state index contributed by atoms with van der Waals surface area (Å²) in [6, 6.07) is 4.54. The van der Waals surface area contributed by atoms with Crippen LogP contribution in [0, 0.1) is 5.92 Å². The van der Waals surface area contributed by atoms with E-state index in [2.05, 4.69) is 21.3 Å². The minimum absolute atomic E-state index is 0.170. The highest BCUT2D eigenvalue weighted by Crippen LogP contribution is 2.44. The van der Waals surface area contributed by atoms with Gasteiger partial charge in [-0.25, -0.2) is 4.98 Å². The lowest BCUT2D eigenvalue weighted by atomic mass is 9.77. The summed E-state index contributed by atoms with van der Waals surface area (Å²) < 4.78 is 5.33. The van der Waals surface area contributed by atoms with Crippen molar-refractivity contribution in [2.75, 3.05) is 13.7 Å². The zero-order valence-corrected chi connectivity index (χ0v) is 15.2. The van der Waals surface area contributed by atoms with Crippen LogP contribution in [0.15, 0.2) is 18.3 Å². The second-order valence-corrected chi connectivity index (χ2v) is 8.00. The van der Waals surface area contributed by atoms with Gasteiger partial charge in [-0.2, -0.15) is 0 Å². The molecule has 1 N–H and O–H groups in total. The zero-order chi connectivity index (χ0) is 17.3. The van der Waals surface area contributed by atoms with Crippen molar-refractivity contribution in [3.05, 3.63) is 23.9 Å². The summed E-state index contributed by atoms with van der Waals surface area (Å²) in [6.07, 6.45) is 10.8. The average molecular weight is 343 g/mol. The number of nitrogens with one attached hydrogen (secondary N) is 1. The molecule has 1 spiro atoms. The Morgan fingerprint density at radius 3 is 2.80 bits per heavy atom. The molecule has 2 aliphatic carbocycles. The van der Waals surface area contributed by atoms with Crippen LogP contribution < -0.4 is 10.1 Å². The summed E-state index contributed by atoms with van der Waals surface area (Å²) >= 11 is 0. The second kappa shape index (κ2) is 6.94. The van der Waals surface area contributed by atoms with Crippen LogP contribution in [0.2, 0.25) is 0 Å². The lowest BCUT2D eigenvalue weighted by Gasteiger charge is -2.44. The fraction of sp³-hybridized carbons (Fsp3) is 0.700. The summed E-state index contributed by atoms with van der Waals surface area (Å²) in [4.78, 5) is 18.9. The minimum atomic E-state index is 0.170. The van der Waals surface area contributed by atoms with Crippen LogP contribution in [0.3, 0.4) is 0 Å².